The SMILES string of the molecule is CC1CCN(S(=O)(=O)c2cc(Br)ccc2Br)C1C(=O)O. The van der Waals surface area contributed by atoms with E-state index in [1.165, 1.54) is 6.07 Å². The van der Waals surface area contributed by atoms with Crippen LogP contribution < -0.4 is 0 Å². The van der Waals surface area contributed by atoms with E-state index < -0.39 is 22.0 Å². The molecule has 20 heavy (non-hydrogen) atoms. The quantitative estimate of drug-likeness (QED) is 0.806. The fourth-order valence-electron chi connectivity index (χ4n) is 2.35. The number of carboxylic acid groups (broad SMARTS) is 1. The van der Waals surface area contributed by atoms with E-state index in [9.17, 15) is 18.3 Å². The topological polar surface area (TPSA) is 74.7 Å². The van der Waals surface area contributed by atoms with Crippen LogP contribution in [0.4, 0.5) is 0 Å². The van der Waals surface area contributed by atoms with Gasteiger partial charge in [-0.2, -0.15) is 4.31 Å². The molecule has 5 nitrogen and oxygen atoms in total. The maximum absolute atomic E-state index is 12.7. The number of carbonyl (C=O) groups is 1. The molecular weight excluding hydrogens is 414 g/mol. The van der Waals surface area contributed by atoms with Crippen molar-refractivity contribution in [1.82, 2.24) is 4.31 Å². The van der Waals surface area contributed by atoms with Crippen LogP contribution in [0.3, 0.4) is 0 Å². The zero-order valence-corrected chi connectivity index (χ0v) is 14.6. The average Bonchev–Trinajstić information content (AvgIpc) is 2.75. The molecule has 1 heterocycles. The highest BCUT2D eigenvalue weighted by atomic mass is 79.9. The lowest BCUT2D eigenvalue weighted by Crippen LogP contribution is -2.42. The Morgan fingerprint density at radius 2 is 2.05 bits per heavy atom. The van der Waals surface area contributed by atoms with Crippen LogP contribution in [0.2, 0.25) is 0 Å². The Labute approximate surface area is 134 Å². The van der Waals surface area contributed by atoms with Gasteiger partial charge in [0.2, 0.25) is 10.0 Å². The second-order valence-corrected chi connectivity index (χ2v) is 8.37. The monoisotopic (exact) mass is 425 g/mol. The lowest BCUT2D eigenvalue weighted by Gasteiger charge is -2.23. The highest BCUT2D eigenvalue weighted by Crippen LogP contribution is 2.34. The van der Waals surface area contributed by atoms with E-state index >= 15 is 0 Å². The van der Waals surface area contributed by atoms with Gasteiger partial charge in [0.05, 0.1) is 4.90 Å². The number of hydrogen-bond donors (Lipinski definition) is 1. The van der Waals surface area contributed by atoms with Crippen LogP contribution >= 0.6 is 31.9 Å². The third-order valence-corrected chi connectivity index (χ3v) is 6.75. The number of carboxylic acids is 1. The molecule has 0 saturated carbocycles. The van der Waals surface area contributed by atoms with Crippen molar-refractivity contribution >= 4 is 47.9 Å². The first kappa shape index (κ1) is 15.9. The molecule has 0 bridgehead atoms. The van der Waals surface area contributed by atoms with Gasteiger partial charge in [0.15, 0.2) is 0 Å². The number of hydrogen-bond acceptors (Lipinski definition) is 3. The predicted molar refractivity (Wildman–Crippen MR) is 80.9 cm³/mol. The molecule has 1 aromatic rings. The van der Waals surface area contributed by atoms with Gasteiger partial charge < -0.3 is 5.11 Å². The van der Waals surface area contributed by atoms with Gasteiger partial charge >= 0.3 is 5.97 Å². The molecular formula is C12H13Br2NO4S. The molecule has 1 fully saturated rings. The van der Waals surface area contributed by atoms with Crippen LogP contribution in [0.1, 0.15) is 13.3 Å². The molecule has 1 aliphatic heterocycles. The maximum atomic E-state index is 12.7. The van der Waals surface area contributed by atoms with Crippen molar-refractivity contribution in [3.63, 3.8) is 0 Å². The molecule has 1 aromatic carbocycles. The van der Waals surface area contributed by atoms with E-state index in [4.69, 9.17) is 0 Å². The Kier molecular flexibility index (Phi) is 4.58. The van der Waals surface area contributed by atoms with Crippen LogP contribution in [0, 0.1) is 5.92 Å². The summed E-state index contributed by atoms with van der Waals surface area (Å²) in [6, 6.07) is 3.80. The van der Waals surface area contributed by atoms with Crippen LogP contribution in [-0.2, 0) is 14.8 Å². The van der Waals surface area contributed by atoms with Crippen molar-refractivity contribution in [3.8, 4) is 0 Å². The van der Waals surface area contributed by atoms with Gasteiger partial charge in [-0.05, 0) is 46.5 Å². The van der Waals surface area contributed by atoms with Crippen LogP contribution in [0.15, 0.2) is 32.0 Å². The molecule has 8 heteroatoms. The Balaban J connectivity index is 2.50. The third kappa shape index (κ3) is 2.79. The molecule has 0 aromatic heterocycles. The molecule has 1 N–H and O–H groups in total. The number of nitrogens with zero attached hydrogens (tertiary/aromatic N) is 1. The average molecular weight is 427 g/mol. The molecule has 1 saturated heterocycles. The summed E-state index contributed by atoms with van der Waals surface area (Å²) in [4.78, 5) is 11.4. The van der Waals surface area contributed by atoms with Crippen molar-refractivity contribution < 1.29 is 18.3 Å². The smallest absolute Gasteiger partial charge is 0.322 e. The van der Waals surface area contributed by atoms with Crippen molar-refractivity contribution in [2.75, 3.05) is 6.54 Å². The lowest BCUT2D eigenvalue weighted by molar-refractivity contribution is -0.141. The fourth-order valence-corrected chi connectivity index (χ4v) is 5.51. The van der Waals surface area contributed by atoms with Gasteiger partial charge in [-0.3, -0.25) is 4.79 Å². The molecule has 2 atom stereocenters. The van der Waals surface area contributed by atoms with E-state index in [0.29, 0.717) is 15.4 Å². The largest absolute Gasteiger partial charge is 0.480 e. The first-order chi connectivity index (χ1) is 9.25. The maximum Gasteiger partial charge on any atom is 0.322 e. The van der Waals surface area contributed by atoms with Gasteiger partial charge in [-0.25, -0.2) is 8.42 Å². The summed E-state index contributed by atoms with van der Waals surface area (Å²) in [7, 11) is -3.84. The second kappa shape index (κ2) is 5.75. The van der Waals surface area contributed by atoms with E-state index in [1.807, 2.05) is 0 Å². The Morgan fingerprint density at radius 1 is 1.40 bits per heavy atom. The second-order valence-electron chi connectivity index (χ2n) is 4.74. The number of rotatable bonds is 3. The first-order valence-corrected chi connectivity index (χ1v) is 8.97. The van der Waals surface area contributed by atoms with Crippen LogP contribution in [-0.4, -0.2) is 36.4 Å². The highest BCUT2D eigenvalue weighted by Gasteiger charge is 2.44. The number of halogens is 2. The summed E-state index contributed by atoms with van der Waals surface area (Å²) in [5.41, 5.74) is 0. The molecule has 1 aliphatic rings. The van der Waals surface area contributed by atoms with Crippen LogP contribution in [0.25, 0.3) is 0 Å². The van der Waals surface area contributed by atoms with Crippen molar-refractivity contribution in [3.05, 3.63) is 27.1 Å². The molecule has 0 radical (unpaired) electrons. The van der Waals surface area contributed by atoms with Crippen molar-refractivity contribution in [2.24, 2.45) is 5.92 Å². The molecule has 110 valence electrons. The van der Waals surface area contributed by atoms with Gasteiger partial charge in [0.1, 0.15) is 6.04 Å². The third-order valence-electron chi connectivity index (χ3n) is 3.39. The standard InChI is InChI=1S/C12H13Br2NO4S/c1-7-4-5-15(11(7)12(16)17)20(18,19)10-6-8(13)2-3-9(10)14/h2-3,6-7,11H,4-5H2,1H3,(H,16,17). The predicted octanol–water partition coefficient (Wildman–Crippen LogP) is 2.70. The summed E-state index contributed by atoms with van der Waals surface area (Å²) in [5.74, 6) is -1.31. The van der Waals surface area contributed by atoms with Gasteiger partial charge in [-0.15, -0.1) is 0 Å². The summed E-state index contributed by atoms with van der Waals surface area (Å²) >= 11 is 6.44. The Morgan fingerprint density at radius 3 is 2.65 bits per heavy atom. The number of benzene rings is 1. The summed E-state index contributed by atoms with van der Waals surface area (Å²) in [6.07, 6.45) is 0.543. The van der Waals surface area contributed by atoms with Gasteiger partial charge in [0.25, 0.3) is 0 Å². The van der Waals surface area contributed by atoms with E-state index in [0.717, 1.165) is 4.31 Å². The summed E-state index contributed by atoms with van der Waals surface area (Å²) in [5, 5.41) is 9.26. The van der Waals surface area contributed by atoms with E-state index in [1.54, 1.807) is 19.1 Å². The van der Waals surface area contributed by atoms with Crippen molar-refractivity contribution in [1.29, 1.82) is 0 Å². The van der Waals surface area contributed by atoms with E-state index in [2.05, 4.69) is 31.9 Å². The van der Waals surface area contributed by atoms with Gasteiger partial charge in [-0.1, -0.05) is 22.9 Å². The summed E-state index contributed by atoms with van der Waals surface area (Å²) in [6.45, 7) is 1.98. The Bertz CT molecular complexity index is 647. The number of sulfonamides is 1. The molecule has 2 rings (SSSR count). The van der Waals surface area contributed by atoms with Crippen molar-refractivity contribution in [2.45, 2.75) is 24.3 Å². The molecule has 2 unspecified atom stereocenters. The minimum absolute atomic E-state index is 0.0761. The minimum atomic E-state index is -3.84. The summed E-state index contributed by atoms with van der Waals surface area (Å²) < 4.78 is 27.5. The first-order valence-electron chi connectivity index (χ1n) is 5.95. The fraction of sp³-hybridized carbons (Fsp3) is 0.417. The highest BCUT2D eigenvalue weighted by molar-refractivity contribution is 9.11. The zero-order valence-electron chi connectivity index (χ0n) is 10.6. The van der Waals surface area contributed by atoms with Gasteiger partial charge in [0, 0.05) is 15.5 Å². The molecule has 0 amide bonds. The normalized spacial score (nSPS) is 23.9. The molecule has 0 aliphatic carbocycles. The number of aliphatic carboxylic acids is 1. The van der Waals surface area contributed by atoms with E-state index in [-0.39, 0.29) is 17.4 Å². The zero-order chi connectivity index (χ0) is 15.1. The minimum Gasteiger partial charge on any atom is -0.480 e. The lowest BCUT2D eigenvalue weighted by atomic mass is 10.0. The molecule has 0 spiro atoms. The Hall–Kier alpha value is -0.440. The van der Waals surface area contributed by atoms with Crippen LogP contribution in [0.5, 0.6) is 0 Å².